The molecule has 0 aliphatic rings. The molecule has 0 unspecified atom stereocenters. The smallest absolute Gasteiger partial charge is 0.211 e. The SMILES string of the molecule is COc1ccc(C(=O)C[S+](C)C)cc1.[Br-]. The van der Waals surface area contributed by atoms with E-state index in [1.165, 1.54) is 0 Å². The van der Waals surface area contributed by atoms with Crippen LogP contribution in [-0.2, 0) is 10.9 Å². The highest BCUT2D eigenvalue weighted by Gasteiger charge is 2.13. The maximum Gasteiger partial charge on any atom is 0.211 e. The van der Waals surface area contributed by atoms with Gasteiger partial charge in [0.25, 0.3) is 0 Å². The summed E-state index contributed by atoms with van der Waals surface area (Å²) in [6.45, 7) is 0. The Balaban J connectivity index is 0.00000196. The Morgan fingerprint density at radius 3 is 2.20 bits per heavy atom. The Kier molecular flexibility index (Phi) is 6.68. The molecular formula is C11H15BrO2S. The molecule has 0 amide bonds. The number of carbonyl (C=O) groups excluding carboxylic acids is 1. The second-order valence-corrected chi connectivity index (χ2v) is 5.54. The van der Waals surface area contributed by atoms with E-state index in [0.717, 1.165) is 11.3 Å². The zero-order valence-electron chi connectivity index (χ0n) is 9.12. The lowest BCUT2D eigenvalue weighted by atomic mass is 10.1. The minimum atomic E-state index is 0. The molecule has 0 aromatic heterocycles. The molecule has 1 aromatic rings. The molecule has 0 aliphatic carbocycles. The molecule has 84 valence electrons. The van der Waals surface area contributed by atoms with Crippen molar-refractivity contribution in [3.05, 3.63) is 29.8 Å². The van der Waals surface area contributed by atoms with Crippen molar-refractivity contribution in [2.24, 2.45) is 0 Å². The van der Waals surface area contributed by atoms with E-state index in [0.29, 0.717) is 5.75 Å². The van der Waals surface area contributed by atoms with E-state index in [1.807, 2.05) is 24.3 Å². The standard InChI is InChI=1S/C11H15O2S.BrH/c1-13-10-6-4-9(5-7-10)11(12)8-14(2)3;/h4-7H,8H2,1-3H3;1H/q+1;/p-1. The van der Waals surface area contributed by atoms with Crippen molar-refractivity contribution in [2.45, 2.75) is 0 Å². The molecule has 0 saturated carbocycles. The maximum absolute atomic E-state index is 11.6. The van der Waals surface area contributed by atoms with Gasteiger partial charge in [0.1, 0.15) is 5.75 Å². The number of methoxy groups -OCH3 is 1. The molecule has 0 bridgehead atoms. The highest BCUT2D eigenvalue weighted by molar-refractivity contribution is 7.96. The maximum atomic E-state index is 11.6. The lowest BCUT2D eigenvalue weighted by Gasteiger charge is -2.01. The second-order valence-electron chi connectivity index (χ2n) is 3.28. The van der Waals surface area contributed by atoms with Gasteiger partial charge in [-0.15, -0.1) is 0 Å². The predicted octanol–water partition coefficient (Wildman–Crippen LogP) is -1.24. The van der Waals surface area contributed by atoms with Gasteiger partial charge in [0, 0.05) is 5.56 Å². The Labute approximate surface area is 104 Å². The van der Waals surface area contributed by atoms with Crippen LogP contribution in [0.2, 0.25) is 0 Å². The van der Waals surface area contributed by atoms with E-state index in [-0.39, 0.29) is 33.7 Å². The first kappa shape index (κ1) is 14.5. The van der Waals surface area contributed by atoms with Crippen LogP contribution < -0.4 is 21.7 Å². The molecule has 15 heavy (non-hydrogen) atoms. The first-order chi connectivity index (χ1) is 6.63. The molecule has 0 heterocycles. The van der Waals surface area contributed by atoms with E-state index in [4.69, 9.17) is 4.74 Å². The molecule has 0 radical (unpaired) electrons. The number of hydrogen-bond donors (Lipinski definition) is 0. The number of ether oxygens (including phenoxy) is 1. The Morgan fingerprint density at radius 2 is 1.80 bits per heavy atom. The Hall–Kier alpha value is -0.480. The largest absolute Gasteiger partial charge is 1.00 e. The summed E-state index contributed by atoms with van der Waals surface area (Å²) in [7, 11) is 1.78. The van der Waals surface area contributed by atoms with Gasteiger partial charge in [-0.2, -0.15) is 0 Å². The summed E-state index contributed by atoms with van der Waals surface area (Å²) >= 11 is 0. The van der Waals surface area contributed by atoms with Crippen molar-refractivity contribution in [3.63, 3.8) is 0 Å². The van der Waals surface area contributed by atoms with Crippen LogP contribution >= 0.6 is 0 Å². The van der Waals surface area contributed by atoms with Gasteiger partial charge in [-0.1, -0.05) is 0 Å². The van der Waals surface area contributed by atoms with Crippen LogP contribution in [0.15, 0.2) is 24.3 Å². The van der Waals surface area contributed by atoms with Crippen molar-refractivity contribution >= 4 is 16.7 Å². The predicted molar refractivity (Wildman–Crippen MR) is 61.4 cm³/mol. The van der Waals surface area contributed by atoms with E-state index in [9.17, 15) is 4.79 Å². The summed E-state index contributed by atoms with van der Waals surface area (Å²) < 4.78 is 5.02. The van der Waals surface area contributed by atoms with E-state index >= 15 is 0 Å². The van der Waals surface area contributed by atoms with E-state index in [2.05, 4.69) is 12.5 Å². The van der Waals surface area contributed by atoms with Gasteiger partial charge in [-0.3, -0.25) is 4.79 Å². The Bertz CT molecular complexity index is 309. The van der Waals surface area contributed by atoms with E-state index in [1.54, 1.807) is 7.11 Å². The van der Waals surface area contributed by atoms with Crippen LogP contribution in [0.1, 0.15) is 10.4 Å². The molecule has 0 aliphatic heterocycles. The quantitative estimate of drug-likeness (QED) is 0.512. The second kappa shape index (κ2) is 6.90. The number of Topliss-reactive ketones (excluding diaryl/α,β-unsaturated/α-hetero) is 1. The first-order valence-corrected chi connectivity index (χ1v) is 6.56. The average molecular weight is 291 g/mol. The summed E-state index contributed by atoms with van der Waals surface area (Å²) in [5, 5.41) is 0. The zero-order valence-corrected chi connectivity index (χ0v) is 11.5. The highest BCUT2D eigenvalue weighted by atomic mass is 79.9. The van der Waals surface area contributed by atoms with Gasteiger partial charge in [0.2, 0.25) is 5.78 Å². The van der Waals surface area contributed by atoms with Gasteiger partial charge in [0.15, 0.2) is 5.75 Å². The summed E-state index contributed by atoms with van der Waals surface area (Å²) in [4.78, 5) is 11.6. The van der Waals surface area contributed by atoms with Crippen LogP contribution in [0.4, 0.5) is 0 Å². The van der Waals surface area contributed by atoms with Gasteiger partial charge in [-0.25, -0.2) is 0 Å². The average Bonchev–Trinajstić information content (AvgIpc) is 2.17. The summed E-state index contributed by atoms with van der Waals surface area (Å²) in [6.07, 6.45) is 4.14. The number of halogens is 1. The fraction of sp³-hybridized carbons (Fsp3) is 0.364. The molecule has 4 heteroatoms. The van der Waals surface area contributed by atoms with Gasteiger partial charge >= 0.3 is 0 Å². The van der Waals surface area contributed by atoms with Crippen molar-refractivity contribution in [3.8, 4) is 5.75 Å². The third-order valence-corrected chi connectivity index (χ3v) is 2.67. The summed E-state index contributed by atoms with van der Waals surface area (Å²) in [6, 6.07) is 7.26. The lowest BCUT2D eigenvalue weighted by molar-refractivity contribution is -0.0000112. The minimum Gasteiger partial charge on any atom is -1.00 e. The van der Waals surface area contributed by atoms with Crippen molar-refractivity contribution in [1.82, 2.24) is 0 Å². The van der Waals surface area contributed by atoms with Crippen molar-refractivity contribution in [2.75, 3.05) is 25.4 Å². The van der Waals surface area contributed by atoms with Crippen LogP contribution in [0.5, 0.6) is 5.75 Å². The monoisotopic (exact) mass is 290 g/mol. The van der Waals surface area contributed by atoms with E-state index < -0.39 is 0 Å². The number of rotatable bonds is 4. The van der Waals surface area contributed by atoms with Gasteiger partial charge in [0.05, 0.1) is 19.6 Å². The molecule has 0 fully saturated rings. The normalized spacial score (nSPS) is 9.60. The molecule has 0 atom stereocenters. The molecule has 1 aromatic carbocycles. The fourth-order valence-electron chi connectivity index (χ4n) is 1.12. The number of ketones is 1. The molecule has 0 spiro atoms. The molecule has 2 nitrogen and oxygen atoms in total. The van der Waals surface area contributed by atoms with Crippen LogP contribution in [0.3, 0.4) is 0 Å². The number of benzene rings is 1. The topological polar surface area (TPSA) is 26.3 Å². The lowest BCUT2D eigenvalue weighted by Crippen LogP contribution is -3.00. The third kappa shape index (κ3) is 4.71. The van der Waals surface area contributed by atoms with Crippen LogP contribution in [0.25, 0.3) is 0 Å². The fourth-order valence-corrected chi connectivity index (χ4v) is 1.81. The molecular weight excluding hydrogens is 276 g/mol. The third-order valence-electron chi connectivity index (χ3n) is 1.83. The molecule has 1 rings (SSSR count). The summed E-state index contributed by atoms with van der Waals surface area (Å²) in [5.41, 5.74) is 0.770. The number of hydrogen-bond acceptors (Lipinski definition) is 2. The van der Waals surface area contributed by atoms with Crippen molar-refractivity contribution in [1.29, 1.82) is 0 Å². The Morgan fingerprint density at radius 1 is 1.27 bits per heavy atom. The molecule has 0 saturated heterocycles. The number of carbonyl (C=O) groups is 1. The van der Waals surface area contributed by atoms with Gasteiger partial charge in [-0.05, 0) is 35.2 Å². The summed E-state index contributed by atoms with van der Waals surface area (Å²) in [5.74, 6) is 1.63. The first-order valence-electron chi connectivity index (χ1n) is 4.35. The minimum absolute atomic E-state index is 0. The van der Waals surface area contributed by atoms with Crippen LogP contribution in [-0.4, -0.2) is 31.2 Å². The highest BCUT2D eigenvalue weighted by Crippen LogP contribution is 2.12. The van der Waals surface area contributed by atoms with Crippen LogP contribution in [0, 0.1) is 0 Å². The zero-order chi connectivity index (χ0) is 10.6. The molecule has 0 N–H and O–H groups in total. The van der Waals surface area contributed by atoms with Gasteiger partial charge < -0.3 is 21.7 Å². The van der Waals surface area contributed by atoms with Crippen molar-refractivity contribution < 1.29 is 26.5 Å².